The summed E-state index contributed by atoms with van der Waals surface area (Å²) < 4.78 is 2.92. The largest absolute Gasteiger partial charge is 0.0653 e. The molecule has 0 saturated carbocycles. The normalized spacial score (nSPS) is 13.4. The first-order valence-electron chi connectivity index (χ1n) is 7.14. The van der Waals surface area contributed by atoms with Gasteiger partial charge in [0.25, 0.3) is 0 Å². The standard InChI is InChI=1S/C18H18I2/c1-4-5-14-15-12(8-6-10(2)17(15)19)13-9-7-11(3)18(20)16(13)14/h6-9,14H,4-5H2,1-3H3. The van der Waals surface area contributed by atoms with Crippen LogP contribution in [-0.2, 0) is 0 Å². The fourth-order valence-corrected chi connectivity index (χ4v) is 4.97. The molecule has 0 amide bonds. The molecular weight excluding hydrogens is 470 g/mol. The first kappa shape index (κ1) is 14.8. The molecule has 104 valence electrons. The number of halogens is 2. The molecule has 2 heteroatoms. The molecule has 20 heavy (non-hydrogen) atoms. The average Bonchev–Trinajstić information content (AvgIpc) is 2.74. The van der Waals surface area contributed by atoms with Crippen molar-refractivity contribution in [2.45, 2.75) is 39.5 Å². The molecule has 3 rings (SSSR count). The van der Waals surface area contributed by atoms with Gasteiger partial charge in [-0.05, 0) is 98.8 Å². The van der Waals surface area contributed by atoms with Crippen LogP contribution in [0.5, 0.6) is 0 Å². The van der Waals surface area contributed by atoms with Crippen LogP contribution in [0.25, 0.3) is 11.1 Å². The number of hydrogen-bond acceptors (Lipinski definition) is 0. The fourth-order valence-electron chi connectivity index (χ4n) is 3.28. The Kier molecular flexibility index (Phi) is 4.15. The van der Waals surface area contributed by atoms with E-state index >= 15 is 0 Å². The van der Waals surface area contributed by atoms with Gasteiger partial charge in [-0.15, -0.1) is 0 Å². The van der Waals surface area contributed by atoms with Crippen molar-refractivity contribution in [1.82, 2.24) is 0 Å². The SMILES string of the molecule is CCCC1c2c(ccc(C)c2I)-c2ccc(C)c(I)c21. The summed E-state index contributed by atoms with van der Waals surface area (Å²) in [5, 5.41) is 0. The number of rotatable bonds is 2. The molecule has 0 aromatic heterocycles. The van der Waals surface area contributed by atoms with Crippen molar-refractivity contribution < 1.29 is 0 Å². The van der Waals surface area contributed by atoms with Crippen LogP contribution in [0.1, 0.15) is 47.9 Å². The van der Waals surface area contributed by atoms with Crippen molar-refractivity contribution in [2.75, 3.05) is 0 Å². The van der Waals surface area contributed by atoms with Gasteiger partial charge in [-0.2, -0.15) is 0 Å². The molecule has 0 bridgehead atoms. The van der Waals surface area contributed by atoms with Crippen LogP contribution < -0.4 is 0 Å². The minimum absolute atomic E-state index is 0.587. The van der Waals surface area contributed by atoms with E-state index in [4.69, 9.17) is 0 Å². The third-order valence-corrected chi connectivity index (χ3v) is 7.17. The van der Waals surface area contributed by atoms with E-state index in [0.717, 1.165) is 0 Å². The molecule has 1 aliphatic carbocycles. The number of hydrogen-bond donors (Lipinski definition) is 0. The number of fused-ring (bicyclic) bond motifs is 3. The Morgan fingerprint density at radius 3 is 1.70 bits per heavy atom. The first-order chi connectivity index (χ1) is 9.56. The van der Waals surface area contributed by atoms with Crippen LogP contribution in [0.4, 0.5) is 0 Å². The first-order valence-corrected chi connectivity index (χ1v) is 9.30. The van der Waals surface area contributed by atoms with Gasteiger partial charge in [0, 0.05) is 13.1 Å². The van der Waals surface area contributed by atoms with Crippen molar-refractivity contribution in [2.24, 2.45) is 0 Å². The van der Waals surface area contributed by atoms with Gasteiger partial charge in [0.15, 0.2) is 0 Å². The van der Waals surface area contributed by atoms with Gasteiger partial charge >= 0.3 is 0 Å². The minimum atomic E-state index is 0.587. The van der Waals surface area contributed by atoms with Crippen LogP contribution in [0.3, 0.4) is 0 Å². The molecule has 1 aliphatic rings. The molecular formula is C18H18I2. The van der Waals surface area contributed by atoms with Crippen molar-refractivity contribution in [3.05, 3.63) is 53.7 Å². The van der Waals surface area contributed by atoms with Gasteiger partial charge in [-0.25, -0.2) is 0 Å². The third-order valence-electron chi connectivity index (χ3n) is 4.31. The van der Waals surface area contributed by atoms with Crippen molar-refractivity contribution >= 4 is 45.2 Å². The Morgan fingerprint density at radius 2 is 1.30 bits per heavy atom. The maximum atomic E-state index is 2.54. The van der Waals surface area contributed by atoms with Crippen LogP contribution in [0.15, 0.2) is 24.3 Å². The van der Waals surface area contributed by atoms with Gasteiger partial charge in [0.1, 0.15) is 0 Å². The smallest absolute Gasteiger partial charge is 0.0204 e. The van der Waals surface area contributed by atoms with Crippen molar-refractivity contribution in [1.29, 1.82) is 0 Å². The third kappa shape index (κ3) is 2.14. The van der Waals surface area contributed by atoms with Gasteiger partial charge in [0.05, 0.1) is 0 Å². The Hall–Kier alpha value is -0.100. The highest BCUT2D eigenvalue weighted by Crippen LogP contribution is 2.51. The number of benzene rings is 2. The maximum Gasteiger partial charge on any atom is 0.0204 e. The van der Waals surface area contributed by atoms with Crippen LogP contribution in [0, 0.1) is 21.0 Å². The summed E-state index contributed by atoms with van der Waals surface area (Å²) in [6, 6.07) is 9.19. The van der Waals surface area contributed by atoms with Gasteiger partial charge in [-0.3, -0.25) is 0 Å². The summed E-state index contributed by atoms with van der Waals surface area (Å²) in [5.41, 5.74) is 8.89. The predicted molar refractivity (Wildman–Crippen MR) is 104 cm³/mol. The lowest BCUT2D eigenvalue weighted by Gasteiger charge is -2.17. The molecule has 0 radical (unpaired) electrons. The predicted octanol–water partition coefficient (Wildman–Crippen LogP) is 6.43. The molecule has 0 nitrogen and oxygen atoms in total. The van der Waals surface area contributed by atoms with E-state index in [2.05, 4.69) is 90.2 Å². The van der Waals surface area contributed by atoms with E-state index in [-0.39, 0.29) is 0 Å². The minimum Gasteiger partial charge on any atom is -0.0653 e. The van der Waals surface area contributed by atoms with Crippen molar-refractivity contribution in [3.8, 4) is 11.1 Å². The summed E-state index contributed by atoms with van der Waals surface area (Å²) in [7, 11) is 0. The summed E-state index contributed by atoms with van der Waals surface area (Å²) >= 11 is 5.08. The highest BCUT2D eigenvalue weighted by atomic mass is 127. The van der Waals surface area contributed by atoms with E-state index in [1.165, 1.54) is 42.2 Å². The Morgan fingerprint density at radius 1 is 0.850 bits per heavy atom. The molecule has 0 fully saturated rings. The zero-order valence-corrected chi connectivity index (χ0v) is 16.4. The zero-order chi connectivity index (χ0) is 14.4. The summed E-state index contributed by atoms with van der Waals surface area (Å²) in [6.07, 6.45) is 2.48. The molecule has 2 aromatic rings. The van der Waals surface area contributed by atoms with Crippen LogP contribution >= 0.6 is 45.2 Å². The highest BCUT2D eigenvalue weighted by Gasteiger charge is 2.32. The van der Waals surface area contributed by atoms with E-state index in [0.29, 0.717) is 5.92 Å². The zero-order valence-electron chi connectivity index (χ0n) is 12.1. The van der Waals surface area contributed by atoms with Gasteiger partial charge in [-0.1, -0.05) is 37.6 Å². The summed E-state index contributed by atoms with van der Waals surface area (Å²) in [4.78, 5) is 0. The monoisotopic (exact) mass is 488 g/mol. The van der Waals surface area contributed by atoms with E-state index in [1.807, 2.05) is 0 Å². The molecule has 0 saturated heterocycles. The molecule has 0 heterocycles. The number of aryl methyl sites for hydroxylation is 2. The Balaban J connectivity index is 2.33. The Labute approximate surface area is 148 Å². The lowest BCUT2D eigenvalue weighted by Crippen LogP contribution is -2.02. The summed E-state index contributed by atoms with van der Waals surface area (Å²) in [5.74, 6) is 0.587. The maximum absolute atomic E-state index is 2.54. The average molecular weight is 488 g/mol. The molecule has 0 N–H and O–H groups in total. The summed E-state index contributed by atoms with van der Waals surface area (Å²) in [6.45, 7) is 6.75. The van der Waals surface area contributed by atoms with Crippen molar-refractivity contribution in [3.63, 3.8) is 0 Å². The van der Waals surface area contributed by atoms with Crippen LogP contribution in [0.2, 0.25) is 0 Å². The second-order valence-electron chi connectivity index (χ2n) is 5.66. The van der Waals surface area contributed by atoms with E-state index in [1.54, 1.807) is 11.1 Å². The fraction of sp³-hybridized carbons (Fsp3) is 0.333. The molecule has 2 aromatic carbocycles. The molecule has 0 unspecified atom stereocenters. The lowest BCUT2D eigenvalue weighted by atomic mass is 9.91. The topological polar surface area (TPSA) is 0 Å². The van der Waals surface area contributed by atoms with E-state index in [9.17, 15) is 0 Å². The molecule has 0 atom stereocenters. The quantitative estimate of drug-likeness (QED) is 0.428. The second-order valence-corrected chi connectivity index (χ2v) is 7.81. The van der Waals surface area contributed by atoms with Gasteiger partial charge in [0.2, 0.25) is 0 Å². The molecule has 0 spiro atoms. The second kappa shape index (κ2) is 5.59. The Bertz CT molecular complexity index is 629. The van der Waals surface area contributed by atoms with E-state index < -0.39 is 0 Å². The lowest BCUT2D eigenvalue weighted by molar-refractivity contribution is 0.705. The molecule has 0 aliphatic heterocycles. The van der Waals surface area contributed by atoms with Crippen LogP contribution in [-0.4, -0.2) is 0 Å². The highest BCUT2D eigenvalue weighted by molar-refractivity contribution is 14.1. The van der Waals surface area contributed by atoms with Gasteiger partial charge < -0.3 is 0 Å².